The fourth-order valence-electron chi connectivity index (χ4n) is 3.42. The maximum absolute atomic E-state index is 12.1. The minimum atomic E-state index is -4.72. The van der Waals surface area contributed by atoms with Crippen molar-refractivity contribution >= 4 is 46.7 Å². The van der Waals surface area contributed by atoms with Crippen LogP contribution in [-0.2, 0) is 23.1 Å². The normalized spacial score (nSPS) is 24.7. The lowest BCUT2D eigenvalue weighted by atomic mass is 10.1. The lowest BCUT2D eigenvalue weighted by molar-refractivity contribution is -0.136. The van der Waals surface area contributed by atoms with Crippen molar-refractivity contribution in [2.45, 2.75) is 63.1 Å². The molecule has 184 valence electrons. The Morgan fingerprint density at radius 2 is 1.91 bits per heavy atom. The number of ether oxygens (including phenoxy) is 1. The molecule has 3 rings (SSSR count). The van der Waals surface area contributed by atoms with Gasteiger partial charge >= 0.3 is 13.8 Å². The van der Waals surface area contributed by atoms with E-state index in [0.717, 1.165) is 31.0 Å². The number of imidazole rings is 1. The van der Waals surface area contributed by atoms with E-state index in [4.69, 9.17) is 15.0 Å². The van der Waals surface area contributed by atoms with Crippen LogP contribution in [0.1, 0.15) is 44.8 Å². The molecule has 0 radical (unpaired) electrons. The fourth-order valence-corrected chi connectivity index (χ4v) is 4.55. The number of phosphoric ester groups is 1. The highest BCUT2D eigenvalue weighted by Gasteiger charge is 2.45. The second kappa shape index (κ2) is 11.6. The number of rotatable bonds is 12. The summed E-state index contributed by atoms with van der Waals surface area (Å²) in [6, 6.07) is 0. The molecular formula is C18H27BrN5O8P. The zero-order valence-corrected chi connectivity index (χ0v) is 20.2. The van der Waals surface area contributed by atoms with E-state index in [0.29, 0.717) is 6.42 Å². The number of phosphoric acid groups is 1. The van der Waals surface area contributed by atoms with Crippen LogP contribution in [0.2, 0.25) is 0 Å². The number of fused-ring (bicyclic) bond motifs is 1. The number of carbonyl (C=O) groups is 1. The van der Waals surface area contributed by atoms with Crippen LogP contribution in [0, 0.1) is 0 Å². The van der Waals surface area contributed by atoms with Crippen LogP contribution in [0.5, 0.6) is 0 Å². The average molecular weight is 552 g/mol. The number of halogens is 1. The summed E-state index contributed by atoms with van der Waals surface area (Å²) in [6.45, 7) is -0.605. The Hall–Kier alpha value is -1.67. The van der Waals surface area contributed by atoms with Gasteiger partial charge in [-0.15, -0.1) is 0 Å². The number of alkyl halides is 1. The second-order valence-electron chi connectivity index (χ2n) is 7.56. The van der Waals surface area contributed by atoms with Gasteiger partial charge in [0.2, 0.25) is 0 Å². The number of aliphatic hydroxyl groups excluding tert-OH is 2. The van der Waals surface area contributed by atoms with Gasteiger partial charge in [0, 0.05) is 11.8 Å². The molecule has 15 heteroatoms. The molecule has 5 atom stereocenters. The highest BCUT2D eigenvalue weighted by Crippen LogP contribution is 2.45. The van der Waals surface area contributed by atoms with Crippen LogP contribution < -0.4 is 5.73 Å². The second-order valence-corrected chi connectivity index (χ2v) is 9.73. The first kappa shape index (κ1) is 25.9. The first-order valence-electron chi connectivity index (χ1n) is 10.4. The van der Waals surface area contributed by atoms with Gasteiger partial charge in [-0.05, 0) is 12.8 Å². The van der Waals surface area contributed by atoms with Gasteiger partial charge in [-0.1, -0.05) is 35.2 Å². The molecule has 1 fully saturated rings. The predicted molar refractivity (Wildman–Crippen MR) is 119 cm³/mol. The maximum Gasteiger partial charge on any atom is 0.529 e. The monoisotopic (exact) mass is 551 g/mol. The maximum atomic E-state index is 12.1. The van der Waals surface area contributed by atoms with Gasteiger partial charge in [-0.25, -0.2) is 19.5 Å². The summed E-state index contributed by atoms with van der Waals surface area (Å²) in [5, 5.41) is 21.6. The quantitative estimate of drug-likeness (QED) is 0.168. The molecule has 0 bridgehead atoms. The SMILES string of the molecule is Nc1ncnc2c1ncn2[C@@H]1O[C@H](COP(=O)(O)OC(=O)CCCCCCCBr)[C@@H](O)[C@H]1O. The van der Waals surface area contributed by atoms with Crippen LogP contribution >= 0.6 is 23.8 Å². The van der Waals surface area contributed by atoms with Gasteiger partial charge in [0.05, 0.1) is 12.9 Å². The van der Waals surface area contributed by atoms with Gasteiger partial charge in [0.1, 0.15) is 30.2 Å². The van der Waals surface area contributed by atoms with Crippen LogP contribution in [0.3, 0.4) is 0 Å². The Morgan fingerprint density at radius 1 is 1.18 bits per heavy atom. The molecule has 0 aromatic carbocycles. The largest absolute Gasteiger partial charge is 0.529 e. The summed E-state index contributed by atoms with van der Waals surface area (Å²) in [5.41, 5.74) is 6.31. The molecule has 0 saturated carbocycles. The Kier molecular flexibility index (Phi) is 9.16. The third-order valence-electron chi connectivity index (χ3n) is 5.13. The number of aliphatic hydroxyl groups is 2. The Morgan fingerprint density at radius 3 is 2.67 bits per heavy atom. The Balaban J connectivity index is 1.51. The third kappa shape index (κ3) is 6.69. The zero-order chi connectivity index (χ0) is 24.0. The molecule has 5 N–H and O–H groups in total. The minimum Gasteiger partial charge on any atom is -0.387 e. The smallest absolute Gasteiger partial charge is 0.387 e. The number of carbonyl (C=O) groups excluding carboxylic acids is 1. The topological polar surface area (TPSA) is 192 Å². The van der Waals surface area contributed by atoms with Crippen molar-refractivity contribution in [2.24, 2.45) is 0 Å². The molecule has 0 aliphatic carbocycles. The van der Waals surface area contributed by atoms with Gasteiger partial charge < -0.3 is 25.2 Å². The van der Waals surface area contributed by atoms with Crippen LogP contribution in [0.25, 0.3) is 11.2 Å². The van der Waals surface area contributed by atoms with E-state index in [9.17, 15) is 24.5 Å². The number of hydrogen-bond acceptors (Lipinski definition) is 11. The van der Waals surface area contributed by atoms with Crippen molar-refractivity contribution in [1.29, 1.82) is 0 Å². The van der Waals surface area contributed by atoms with Crippen molar-refractivity contribution in [3.8, 4) is 0 Å². The molecule has 1 unspecified atom stereocenters. The molecule has 3 heterocycles. The summed E-state index contributed by atoms with van der Waals surface area (Å²) < 4.78 is 28.5. The molecule has 1 aliphatic rings. The predicted octanol–water partition coefficient (Wildman–Crippen LogP) is 1.42. The van der Waals surface area contributed by atoms with E-state index in [-0.39, 0.29) is 23.4 Å². The van der Waals surface area contributed by atoms with Crippen LogP contribution in [0.15, 0.2) is 12.7 Å². The van der Waals surface area contributed by atoms with E-state index in [2.05, 4.69) is 35.4 Å². The van der Waals surface area contributed by atoms with Gasteiger partial charge in [0.25, 0.3) is 0 Å². The summed E-state index contributed by atoms with van der Waals surface area (Å²) in [7, 11) is -4.72. The lowest BCUT2D eigenvalue weighted by Gasteiger charge is -2.17. The molecule has 33 heavy (non-hydrogen) atoms. The molecule has 1 aliphatic heterocycles. The molecule has 1 saturated heterocycles. The number of unbranched alkanes of at least 4 members (excludes halogenated alkanes) is 4. The molecule has 0 amide bonds. The number of anilines is 1. The average Bonchev–Trinajstić information content (AvgIpc) is 3.31. The summed E-state index contributed by atoms with van der Waals surface area (Å²) in [4.78, 5) is 33.6. The van der Waals surface area contributed by atoms with Crippen molar-refractivity contribution in [3.05, 3.63) is 12.7 Å². The highest BCUT2D eigenvalue weighted by atomic mass is 79.9. The summed E-state index contributed by atoms with van der Waals surface area (Å²) in [6.07, 6.45) is 1.73. The van der Waals surface area contributed by atoms with Gasteiger partial charge in [-0.2, -0.15) is 0 Å². The van der Waals surface area contributed by atoms with E-state index < -0.39 is 44.9 Å². The minimum absolute atomic E-state index is 0.00967. The third-order valence-corrected chi connectivity index (χ3v) is 6.60. The summed E-state index contributed by atoms with van der Waals surface area (Å²) >= 11 is 3.35. The van der Waals surface area contributed by atoms with Crippen molar-refractivity contribution in [3.63, 3.8) is 0 Å². The molecule has 0 spiro atoms. The molecule has 2 aromatic heterocycles. The number of nitrogen functional groups attached to an aromatic ring is 1. The molecule has 2 aromatic rings. The van der Waals surface area contributed by atoms with Crippen LogP contribution in [-0.4, -0.2) is 70.8 Å². The standard InChI is InChI=1S/C18H27BrN5O8P/c19-7-5-3-1-2-4-6-12(25)32-33(28,29)30-8-11-14(26)15(27)18(31-11)24-10-23-13-16(20)21-9-22-17(13)24/h9-11,14-15,18,26-27H,1-8H2,(H,28,29)(H2,20,21,22)/t11-,14-,15-,18-/m1/s1. The zero-order valence-electron chi connectivity index (χ0n) is 17.7. The summed E-state index contributed by atoms with van der Waals surface area (Å²) in [5.74, 6) is -0.720. The van der Waals surface area contributed by atoms with Crippen molar-refractivity contribution in [2.75, 3.05) is 17.7 Å². The van der Waals surface area contributed by atoms with E-state index >= 15 is 0 Å². The molecular weight excluding hydrogens is 525 g/mol. The fraction of sp³-hybridized carbons (Fsp3) is 0.667. The number of nitrogens with zero attached hydrogens (tertiary/aromatic N) is 4. The highest BCUT2D eigenvalue weighted by molar-refractivity contribution is 9.09. The van der Waals surface area contributed by atoms with Gasteiger partial charge in [-0.3, -0.25) is 18.8 Å². The van der Waals surface area contributed by atoms with Gasteiger partial charge in [0.15, 0.2) is 17.7 Å². The first-order chi connectivity index (χ1) is 15.7. The Labute approximate surface area is 198 Å². The van der Waals surface area contributed by atoms with Crippen molar-refractivity contribution in [1.82, 2.24) is 19.5 Å². The first-order valence-corrected chi connectivity index (χ1v) is 13.1. The number of nitrogens with two attached hydrogens (primary N) is 1. The molecule has 13 nitrogen and oxygen atoms in total. The Bertz CT molecular complexity index is 994. The lowest BCUT2D eigenvalue weighted by Crippen LogP contribution is -2.33. The van der Waals surface area contributed by atoms with E-state index in [1.54, 1.807) is 0 Å². The number of hydrogen-bond donors (Lipinski definition) is 4. The van der Waals surface area contributed by atoms with Crippen LogP contribution in [0.4, 0.5) is 5.82 Å². The van der Waals surface area contributed by atoms with E-state index in [1.165, 1.54) is 17.2 Å². The van der Waals surface area contributed by atoms with E-state index in [1.807, 2.05) is 0 Å². The number of aromatic nitrogens is 4. The van der Waals surface area contributed by atoms with Crippen molar-refractivity contribution < 1.29 is 38.3 Å².